The van der Waals surface area contributed by atoms with Crippen molar-refractivity contribution >= 4 is 5.91 Å². The first-order valence-corrected chi connectivity index (χ1v) is 4.80. The normalized spacial score (nSPS) is 21.5. The van der Waals surface area contributed by atoms with Gasteiger partial charge in [0.2, 0.25) is 5.91 Å². The van der Waals surface area contributed by atoms with E-state index in [1.807, 2.05) is 13.8 Å². The number of likely N-dealkylation sites (tertiary alicyclic amines) is 1. The molecule has 0 aromatic heterocycles. The Labute approximate surface area is 79.5 Å². The first-order valence-electron chi connectivity index (χ1n) is 4.80. The van der Waals surface area contributed by atoms with Crippen LogP contribution in [0.25, 0.3) is 0 Å². The number of hydrogen-bond donors (Lipinski definition) is 2. The topological polar surface area (TPSA) is 58.4 Å². The monoisotopic (exact) mass is 185 g/mol. The van der Waals surface area contributed by atoms with E-state index >= 15 is 0 Å². The van der Waals surface area contributed by atoms with Gasteiger partial charge in [-0.2, -0.15) is 0 Å². The van der Waals surface area contributed by atoms with Crippen molar-refractivity contribution in [3.63, 3.8) is 0 Å². The summed E-state index contributed by atoms with van der Waals surface area (Å²) in [6, 6.07) is 0.298. The number of carbonyl (C=O) groups excluding carboxylic acids is 1. The highest BCUT2D eigenvalue weighted by Gasteiger charge is 2.47. The van der Waals surface area contributed by atoms with Crippen LogP contribution in [0.1, 0.15) is 20.8 Å². The van der Waals surface area contributed by atoms with Gasteiger partial charge < -0.3 is 5.73 Å². The van der Waals surface area contributed by atoms with Crippen molar-refractivity contribution in [3.05, 3.63) is 0 Å². The maximum absolute atomic E-state index is 11.2. The van der Waals surface area contributed by atoms with Crippen molar-refractivity contribution in [1.82, 2.24) is 10.2 Å². The van der Waals surface area contributed by atoms with Gasteiger partial charge in [-0.3, -0.25) is 15.0 Å². The molecule has 0 aromatic carbocycles. The van der Waals surface area contributed by atoms with Gasteiger partial charge in [-0.1, -0.05) is 6.92 Å². The van der Waals surface area contributed by atoms with Gasteiger partial charge in [-0.15, -0.1) is 0 Å². The molecule has 0 spiro atoms. The Kier molecular flexibility index (Phi) is 2.93. The third kappa shape index (κ3) is 2.00. The standard InChI is InChI=1S/C9H19N3O/c1-4-12-5-9(6-12,8(10)13)11-7(2)3/h7,11H,4-6H2,1-3H3,(H2,10,13). The minimum absolute atomic E-state index is 0.231. The zero-order valence-electron chi connectivity index (χ0n) is 8.63. The number of likely N-dealkylation sites (N-methyl/N-ethyl adjacent to an activating group) is 1. The first-order chi connectivity index (χ1) is 6.00. The molecule has 0 atom stereocenters. The summed E-state index contributed by atoms with van der Waals surface area (Å²) < 4.78 is 0. The lowest BCUT2D eigenvalue weighted by atomic mass is 9.88. The molecule has 1 fully saturated rings. The van der Waals surface area contributed by atoms with Gasteiger partial charge in [0.25, 0.3) is 0 Å². The van der Waals surface area contributed by atoms with Crippen molar-refractivity contribution < 1.29 is 4.79 Å². The van der Waals surface area contributed by atoms with Crippen molar-refractivity contribution in [2.75, 3.05) is 19.6 Å². The van der Waals surface area contributed by atoms with Crippen molar-refractivity contribution in [2.45, 2.75) is 32.4 Å². The van der Waals surface area contributed by atoms with Crippen molar-refractivity contribution in [1.29, 1.82) is 0 Å². The summed E-state index contributed by atoms with van der Waals surface area (Å²) in [5.74, 6) is -0.231. The second-order valence-electron chi connectivity index (χ2n) is 4.05. The highest BCUT2D eigenvalue weighted by atomic mass is 16.1. The van der Waals surface area contributed by atoms with Crippen LogP contribution in [0.4, 0.5) is 0 Å². The summed E-state index contributed by atoms with van der Waals surface area (Å²) in [6.45, 7) is 8.61. The molecule has 0 saturated carbocycles. The minimum Gasteiger partial charge on any atom is -0.368 e. The molecule has 1 amide bonds. The van der Waals surface area contributed by atoms with Crippen LogP contribution in [0, 0.1) is 0 Å². The SMILES string of the molecule is CCN1CC(NC(C)C)(C(N)=O)C1. The second kappa shape index (κ2) is 3.64. The Morgan fingerprint density at radius 2 is 2.15 bits per heavy atom. The van der Waals surface area contributed by atoms with Crippen LogP contribution in [0.2, 0.25) is 0 Å². The van der Waals surface area contributed by atoms with Crippen LogP contribution in [0.5, 0.6) is 0 Å². The van der Waals surface area contributed by atoms with E-state index in [9.17, 15) is 4.79 Å². The number of nitrogens with one attached hydrogen (secondary N) is 1. The van der Waals surface area contributed by atoms with Gasteiger partial charge in [0.05, 0.1) is 0 Å². The smallest absolute Gasteiger partial charge is 0.240 e. The largest absolute Gasteiger partial charge is 0.368 e. The van der Waals surface area contributed by atoms with E-state index in [0.29, 0.717) is 6.04 Å². The molecular weight excluding hydrogens is 166 g/mol. The minimum atomic E-state index is -0.468. The average molecular weight is 185 g/mol. The molecule has 0 unspecified atom stereocenters. The fraction of sp³-hybridized carbons (Fsp3) is 0.889. The lowest BCUT2D eigenvalue weighted by molar-refractivity contribution is -0.132. The Bertz CT molecular complexity index is 197. The summed E-state index contributed by atoms with van der Waals surface area (Å²) in [5, 5.41) is 3.24. The molecule has 3 N–H and O–H groups in total. The lowest BCUT2D eigenvalue weighted by Gasteiger charge is -2.49. The molecule has 0 radical (unpaired) electrons. The third-order valence-corrected chi connectivity index (χ3v) is 2.47. The molecule has 1 aliphatic heterocycles. The van der Waals surface area contributed by atoms with Crippen molar-refractivity contribution in [2.24, 2.45) is 5.73 Å². The Morgan fingerprint density at radius 3 is 2.46 bits per heavy atom. The van der Waals surface area contributed by atoms with Crippen LogP contribution < -0.4 is 11.1 Å². The summed E-state index contributed by atoms with van der Waals surface area (Å²) in [7, 11) is 0. The van der Waals surface area contributed by atoms with E-state index in [2.05, 4.69) is 17.1 Å². The predicted octanol–water partition coefficient (Wildman–Crippen LogP) is -0.456. The maximum atomic E-state index is 11.2. The predicted molar refractivity (Wildman–Crippen MR) is 52.3 cm³/mol. The summed E-state index contributed by atoms with van der Waals surface area (Å²) in [6.07, 6.45) is 0. The van der Waals surface area contributed by atoms with Gasteiger partial charge in [0, 0.05) is 19.1 Å². The zero-order chi connectivity index (χ0) is 10.1. The third-order valence-electron chi connectivity index (χ3n) is 2.47. The molecule has 1 rings (SSSR count). The van der Waals surface area contributed by atoms with E-state index in [-0.39, 0.29) is 5.91 Å². The molecule has 1 heterocycles. The number of nitrogens with zero attached hydrogens (tertiary/aromatic N) is 1. The maximum Gasteiger partial charge on any atom is 0.240 e. The van der Waals surface area contributed by atoms with Crippen LogP contribution in [0.15, 0.2) is 0 Å². The highest BCUT2D eigenvalue weighted by molar-refractivity contribution is 5.86. The summed E-state index contributed by atoms with van der Waals surface area (Å²) in [5.41, 5.74) is 4.90. The first kappa shape index (κ1) is 10.5. The quantitative estimate of drug-likeness (QED) is 0.623. The Morgan fingerprint density at radius 1 is 1.62 bits per heavy atom. The molecule has 4 nitrogen and oxygen atoms in total. The molecule has 1 saturated heterocycles. The molecule has 0 bridgehead atoms. The van der Waals surface area contributed by atoms with E-state index in [0.717, 1.165) is 19.6 Å². The van der Waals surface area contributed by atoms with Crippen LogP contribution in [-0.4, -0.2) is 42.0 Å². The highest BCUT2D eigenvalue weighted by Crippen LogP contribution is 2.20. The summed E-state index contributed by atoms with van der Waals surface area (Å²) in [4.78, 5) is 13.4. The number of hydrogen-bond acceptors (Lipinski definition) is 3. The molecule has 13 heavy (non-hydrogen) atoms. The number of carbonyl (C=O) groups is 1. The number of primary amides is 1. The van der Waals surface area contributed by atoms with E-state index in [1.165, 1.54) is 0 Å². The van der Waals surface area contributed by atoms with E-state index < -0.39 is 5.54 Å². The van der Waals surface area contributed by atoms with Crippen LogP contribution in [0.3, 0.4) is 0 Å². The zero-order valence-corrected chi connectivity index (χ0v) is 8.63. The molecule has 4 heteroatoms. The van der Waals surface area contributed by atoms with Gasteiger partial charge in [-0.05, 0) is 20.4 Å². The Hall–Kier alpha value is -0.610. The van der Waals surface area contributed by atoms with Gasteiger partial charge >= 0.3 is 0 Å². The second-order valence-corrected chi connectivity index (χ2v) is 4.05. The summed E-state index contributed by atoms with van der Waals surface area (Å²) >= 11 is 0. The Balaban J connectivity index is 2.55. The molecular formula is C9H19N3O. The van der Waals surface area contributed by atoms with E-state index in [1.54, 1.807) is 0 Å². The average Bonchev–Trinajstić information content (AvgIpc) is 1.94. The fourth-order valence-electron chi connectivity index (χ4n) is 1.81. The number of rotatable bonds is 4. The van der Waals surface area contributed by atoms with Crippen LogP contribution >= 0.6 is 0 Å². The number of nitrogens with two attached hydrogens (primary N) is 1. The lowest BCUT2D eigenvalue weighted by Crippen LogP contribution is -2.75. The van der Waals surface area contributed by atoms with Gasteiger partial charge in [0.1, 0.15) is 5.54 Å². The van der Waals surface area contributed by atoms with E-state index in [4.69, 9.17) is 5.73 Å². The van der Waals surface area contributed by atoms with Crippen molar-refractivity contribution in [3.8, 4) is 0 Å². The fourth-order valence-corrected chi connectivity index (χ4v) is 1.81. The van der Waals surface area contributed by atoms with Crippen LogP contribution in [-0.2, 0) is 4.79 Å². The molecule has 76 valence electrons. The van der Waals surface area contributed by atoms with Gasteiger partial charge in [-0.25, -0.2) is 0 Å². The molecule has 0 aromatic rings. The molecule has 1 aliphatic rings. The molecule has 0 aliphatic carbocycles. The van der Waals surface area contributed by atoms with Gasteiger partial charge in [0.15, 0.2) is 0 Å². The number of amides is 1.